The van der Waals surface area contributed by atoms with Gasteiger partial charge in [0.1, 0.15) is 0 Å². The molecule has 0 unspecified atom stereocenters. The summed E-state index contributed by atoms with van der Waals surface area (Å²) in [6, 6.07) is 63.4. The van der Waals surface area contributed by atoms with Gasteiger partial charge in [0.05, 0.1) is 0 Å². The number of fused-ring (bicyclic) bond motifs is 10. The Morgan fingerprint density at radius 3 is 1.75 bits per heavy atom. The van der Waals surface area contributed by atoms with Crippen LogP contribution in [0.25, 0.3) is 97.0 Å². The molecule has 0 fully saturated rings. The third-order valence-electron chi connectivity index (χ3n) is 11.6. The van der Waals surface area contributed by atoms with Crippen molar-refractivity contribution in [2.75, 3.05) is 0 Å². The Hall–Kier alpha value is -6.02. The molecule has 0 radical (unpaired) electrons. The largest absolute Gasteiger partial charge is 0.135 e. The average Bonchev–Trinajstić information content (AvgIpc) is 3.68. The fraction of sp³-hybridized carbons (Fsp3) is 0.0588. The van der Waals surface area contributed by atoms with E-state index in [0.29, 0.717) is 0 Å². The van der Waals surface area contributed by atoms with Crippen LogP contribution in [0, 0.1) is 0 Å². The molecule has 0 bridgehead atoms. The van der Waals surface area contributed by atoms with Crippen LogP contribution in [-0.2, 0) is 5.41 Å². The molecule has 244 valence electrons. The minimum absolute atomic E-state index is 0.129. The maximum absolute atomic E-state index is 2.53. The van der Waals surface area contributed by atoms with E-state index in [0.717, 1.165) is 0 Å². The van der Waals surface area contributed by atoms with E-state index in [2.05, 4.69) is 184 Å². The summed E-state index contributed by atoms with van der Waals surface area (Å²) in [7, 11) is 0. The summed E-state index contributed by atoms with van der Waals surface area (Å²) in [4.78, 5) is 0. The zero-order valence-electron chi connectivity index (χ0n) is 29.1. The molecule has 0 amide bonds. The third-order valence-corrected chi connectivity index (χ3v) is 12.8. The highest BCUT2D eigenvalue weighted by molar-refractivity contribution is 7.26. The number of thiophene rings is 1. The Kier molecular flexibility index (Phi) is 6.27. The van der Waals surface area contributed by atoms with Gasteiger partial charge in [-0.05, 0) is 112 Å². The van der Waals surface area contributed by atoms with Crippen molar-refractivity contribution < 1.29 is 0 Å². The summed E-state index contributed by atoms with van der Waals surface area (Å²) in [6.07, 6.45) is 0. The monoisotopic (exact) mass is 678 g/mol. The van der Waals surface area contributed by atoms with Crippen molar-refractivity contribution in [1.82, 2.24) is 0 Å². The van der Waals surface area contributed by atoms with Crippen LogP contribution in [-0.4, -0.2) is 0 Å². The molecule has 1 heterocycles. The number of benzene rings is 9. The first kappa shape index (κ1) is 29.7. The summed E-state index contributed by atoms with van der Waals surface area (Å²) >= 11 is 1.95. The highest BCUT2D eigenvalue weighted by Gasteiger charge is 2.40. The molecule has 0 aliphatic heterocycles. The van der Waals surface area contributed by atoms with Crippen LogP contribution in [0.1, 0.15) is 25.0 Å². The van der Waals surface area contributed by atoms with Gasteiger partial charge in [-0.25, -0.2) is 0 Å². The molecule has 52 heavy (non-hydrogen) atoms. The Balaban J connectivity index is 1.24. The van der Waals surface area contributed by atoms with Crippen LogP contribution in [0.15, 0.2) is 170 Å². The van der Waals surface area contributed by atoms with E-state index in [9.17, 15) is 0 Å². The predicted molar refractivity (Wildman–Crippen MR) is 226 cm³/mol. The lowest BCUT2D eigenvalue weighted by Crippen LogP contribution is -2.15. The molecule has 1 aliphatic rings. The van der Waals surface area contributed by atoms with Gasteiger partial charge in [-0.15, -0.1) is 11.3 Å². The molecule has 0 atom stereocenters. The fourth-order valence-electron chi connectivity index (χ4n) is 9.27. The molecular weight excluding hydrogens is 645 g/mol. The van der Waals surface area contributed by atoms with Crippen molar-refractivity contribution in [2.45, 2.75) is 19.3 Å². The molecule has 9 aromatic carbocycles. The summed E-state index contributed by atoms with van der Waals surface area (Å²) in [5, 5.41) is 10.4. The van der Waals surface area contributed by atoms with E-state index in [1.165, 1.54) is 108 Å². The van der Waals surface area contributed by atoms with Crippen LogP contribution in [0.2, 0.25) is 0 Å². The Labute approximate surface area is 307 Å². The highest BCUT2D eigenvalue weighted by atomic mass is 32.1. The van der Waals surface area contributed by atoms with Crippen molar-refractivity contribution in [2.24, 2.45) is 0 Å². The summed E-state index contributed by atoms with van der Waals surface area (Å²) in [5.74, 6) is 0. The van der Waals surface area contributed by atoms with Crippen molar-refractivity contribution in [3.63, 3.8) is 0 Å². The number of rotatable bonds is 3. The summed E-state index contributed by atoms with van der Waals surface area (Å²) in [6.45, 7) is 4.85. The lowest BCUT2D eigenvalue weighted by molar-refractivity contribution is 0.667. The van der Waals surface area contributed by atoms with E-state index < -0.39 is 0 Å². The SMILES string of the molecule is CC1(C)c2ccccc2-c2c(-c3c4ccccc4c(-c4cccc(-c5ccc6ccccc6c5)c4)c4ccccc34)cc3c(sc4ccccc43)c21. The third kappa shape index (κ3) is 4.15. The predicted octanol–water partition coefficient (Wildman–Crippen LogP) is 14.8. The number of hydrogen-bond acceptors (Lipinski definition) is 1. The maximum Gasteiger partial charge on any atom is 0.0402 e. The first-order valence-electron chi connectivity index (χ1n) is 18.2. The van der Waals surface area contributed by atoms with Crippen molar-refractivity contribution in [3.8, 4) is 44.5 Å². The van der Waals surface area contributed by atoms with Crippen molar-refractivity contribution in [1.29, 1.82) is 0 Å². The molecule has 0 saturated carbocycles. The summed E-state index contributed by atoms with van der Waals surface area (Å²) in [5.41, 5.74) is 13.1. The lowest BCUT2D eigenvalue weighted by atomic mass is 9.79. The van der Waals surface area contributed by atoms with E-state index in [4.69, 9.17) is 0 Å². The van der Waals surface area contributed by atoms with Gasteiger partial charge in [0.2, 0.25) is 0 Å². The Morgan fingerprint density at radius 1 is 0.385 bits per heavy atom. The molecule has 1 heteroatoms. The number of hydrogen-bond donors (Lipinski definition) is 0. The minimum Gasteiger partial charge on any atom is -0.135 e. The van der Waals surface area contributed by atoms with Gasteiger partial charge in [-0.2, -0.15) is 0 Å². The second kappa shape index (κ2) is 11.0. The van der Waals surface area contributed by atoms with Crippen LogP contribution in [0.5, 0.6) is 0 Å². The Morgan fingerprint density at radius 2 is 0.981 bits per heavy atom. The zero-order valence-corrected chi connectivity index (χ0v) is 29.9. The summed E-state index contributed by atoms with van der Waals surface area (Å²) < 4.78 is 2.76. The van der Waals surface area contributed by atoms with Crippen LogP contribution < -0.4 is 0 Å². The molecule has 1 aromatic heterocycles. The van der Waals surface area contributed by atoms with Gasteiger partial charge in [0.25, 0.3) is 0 Å². The van der Waals surface area contributed by atoms with E-state index in [-0.39, 0.29) is 5.41 Å². The topological polar surface area (TPSA) is 0 Å². The van der Waals surface area contributed by atoms with Gasteiger partial charge in [-0.3, -0.25) is 0 Å². The molecule has 11 rings (SSSR count). The lowest BCUT2D eigenvalue weighted by Gasteiger charge is -2.24. The molecule has 0 nitrogen and oxygen atoms in total. The molecule has 0 spiro atoms. The molecule has 0 saturated heterocycles. The normalized spacial score (nSPS) is 13.3. The van der Waals surface area contributed by atoms with Gasteiger partial charge < -0.3 is 0 Å². The quantitative estimate of drug-likeness (QED) is 0.163. The van der Waals surface area contributed by atoms with Crippen molar-refractivity contribution >= 4 is 63.8 Å². The average molecular weight is 679 g/mol. The van der Waals surface area contributed by atoms with Gasteiger partial charge in [0.15, 0.2) is 0 Å². The standard InChI is InChI=1S/C51H34S/c1-51(2)44-24-11-9-23-41(44)48-43(30-42-36-18-10-12-25-45(36)52-50(42)49(48)51)47-39-21-7-5-19-37(39)46(38-20-6-8-22-40(38)47)35-17-13-16-33(29-35)34-27-26-31-14-3-4-15-32(31)28-34/h3-30H,1-2H3. The van der Waals surface area contributed by atoms with E-state index >= 15 is 0 Å². The van der Waals surface area contributed by atoms with Gasteiger partial charge in [0, 0.05) is 25.6 Å². The van der Waals surface area contributed by atoms with Gasteiger partial charge in [-0.1, -0.05) is 159 Å². The van der Waals surface area contributed by atoms with Gasteiger partial charge >= 0.3 is 0 Å². The van der Waals surface area contributed by atoms with Crippen LogP contribution >= 0.6 is 11.3 Å². The molecule has 1 aliphatic carbocycles. The minimum atomic E-state index is -0.129. The van der Waals surface area contributed by atoms with E-state index in [1.54, 1.807) is 0 Å². The van der Waals surface area contributed by atoms with Crippen LogP contribution in [0.4, 0.5) is 0 Å². The zero-order chi connectivity index (χ0) is 34.6. The van der Waals surface area contributed by atoms with Crippen molar-refractivity contribution in [3.05, 3.63) is 181 Å². The molecule has 0 N–H and O–H groups in total. The molecule has 10 aromatic rings. The molecular formula is C51H34S. The Bertz CT molecular complexity index is 3040. The first-order chi connectivity index (χ1) is 25.6. The second-order valence-corrected chi connectivity index (χ2v) is 15.9. The smallest absolute Gasteiger partial charge is 0.0402 e. The second-order valence-electron chi connectivity index (χ2n) is 14.8. The van der Waals surface area contributed by atoms with Crippen LogP contribution in [0.3, 0.4) is 0 Å². The van der Waals surface area contributed by atoms with E-state index in [1.807, 2.05) is 11.3 Å². The first-order valence-corrected chi connectivity index (χ1v) is 19.0. The maximum atomic E-state index is 2.53. The fourth-order valence-corrected chi connectivity index (χ4v) is 10.7. The highest BCUT2D eigenvalue weighted by Crippen LogP contribution is 2.58.